The molecule has 1 heterocycles. The lowest BCUT2D eigenvalue weighted by Crippen LogP contribution is -2.29. The topological polar surface area (TPSA) is 98.3 Å². The van der Waals surface area contributed by atoms with E-state index in [1.165, 1.54) is 18.4 Å². The van der Waals surface area contributed by atoms with E-state index < -0.39 is 6.03 Å². The summed E-state index contributed by atoms with van der Waals surface area (Å²) in [7, 11) is 3.33. The van der Waals surface area contributed by atoms with E-state index in [1.807, 2.05) is 31.2 Å². The Morgan fingerprint density at radius 1 is 1.13 bits per heavy atom. The first-order valence-electron chi connectivity index (χ1n) is 10.6. The Morgan fingerprint density at radius 3 is 2.61 bits per heavy atom. The van der Waals surface area contributed by atoms with E-state index in [-0.39, 0.29) is 6.04 Å². The lowest BCUT2D eigenvalue weighted by molar-refractivity contribution is 0.249. The van der Waals surface area contributed by atoms with E-state index in [4.69, 9.17) is 20.2 Å². The van der Waals surface area contributed by atoms with Gasteiger partial charge in [-0.15, -0.1) is 0 Å². The third-order valence-corrected chi connectivity index (χ3v) is 6.12. The second kappa shape index (κ2) is 8.79. The molecular weight excluding hydrogens is 392 g/mol. The smallest absolute Gasteiger partial charge is 0.332 e. The fourth-order valence-electron chi connectivity index (χ4n) is 4.60. The van der Waals surface area contributed by atoms with Gasteiger partial charge in [-0.25, -0.2) is 10.2 Å². The van der Waals surface area contributed by atoms with Crippen LogP contribution in [0.15, 0.2) is 46.5 Å². The number of fused-ring (bicyclic) bond motifs is 3. The predicted molar refractivity (Wildman–Crippen MR) is 122 cm³/mol. The minimum atomic E-state index is -0.689. The second-order valence-electron chi connectivity index (χ2n) is 7.98. The van der Waals surface area contributed by atoms with Crippen LogP contribution < -0.4 is 20.6 Å². The molecule has 1 saturated carbocycles. The second-order valence-corrected chi connectivity index (χ2v) is 7.98. The Morgan fingerprint density at radius 2 is 1.87 bits per heavy atom. The van der Waals surface area contributed by atoms with Gasteiger partial charge in [0.2, 0.25) is 0 Å². The fraction of sp³-hybridized carbons (Fsp3) is 0.375. The number of amides is 2. The molecule has 162 valence electrons. The number of methoxy groups -OCH3 is 2. The van der Waals surface area contributed by atoms with Crippen molar-refractivity contribution >= 4 is 17.5 Å². The summed E-state index contributed by atoms with van der Waals surface area (Å²) in [6, 6.07) is 11.8. The molecule has 31 heavy (non-hydrogen) atoms. The van der Waals surface area contributed by atoms with E-state index in [2.05, 4.69) is 22.7 Å². The predicted octanol–water partition coefficient (Wildman–Crippen LogP) is 3.97. The van der Waals surface area contributed by atoms with Crippen molar-refractivity contribution in [2.24, 2.45) is 15.8 Å². The average Bonchev–Trinajstić information content (AvgIpc) is 2.81. The minimum absolute atomic E-state index is 0.268. The molecule has 0 unspecified atom stereocenters. The number of carbonyl (C=O) groups excluding carboxylic acids is 1. The maximum atomic E-state index is 11.0. The van der Waals surface area contributed by atoms with Crippen LogP contribution in [0.25, 0.3) is 0 Å². The Balaban J connectivity index is 1.82. The Bertz CT molecular complexity index is 1060. The number of hydrogen-bond acceptors (Lipinski definition) is 5. The summed E-state index contributed by atoms with van der Waals surface area (Å²) in [4.78, 5) is 16.2. The zero-order valence-electron chi connectivity index (χ0n) is 18.1. The summed E-state index contributed by atoms with van der Waals surface area (Å²) < 4.78 is 11.2. The highest BCUT2D eigenvalue weighted by atomic mass is 16.5. The third-order valence-electron chi connectivity index (χ3n) is 6.12. The number of hydrogen-bond donors (Lipinski definition) is 2. The number of hydrazone groups is 1. The lowest BCUT2D eigenvalue weighted by Gasteiger charge is -2.35. The Labute approximate surface area is 182 Å². The molecule has 1 aliphatic carbocycles. The summed E-state index contributed by atoms with van der Waals surface area (Å²) in [5.41, 5.74) is 13.3. The standard InChI is InChI=1S/C24H28N4O3/c1-14(27-28-24(25)29)15-7-6-8-16(11-15)23-19-13-22(31-3)21(30-2)12-18(19)17-9-4-5-10-20(17)26-23/h6-8,11-13,17,20H,4-5,9-10H2,1-3H3,(H3,25,28,29)/t17-,20-/m1/s1. The molecule has 0 saturated heterocycles. The summed E-state index contributed by atoms with van der Waals surface area (Å²) in [5, 5.41) is 4.06. The molecule has 2 aromatic rings. The van der Waals surface area contributed by atoms with Crippen LogP contribution in [-0.4, -0.2) is 37.7 Å². The molecule has 7 heteroatoms. The molecule has 2 aromatic carbocycles. The van der Waals surface area contributed by atoms with Gasteiger partial charge in [0.15, 0.2) is 11.5 Å². The largest absolute Gasteiger partial charge is 0.493 e. The molecule has 4 rings (SSSR count). The highest BCUT2D eigenvalue weighted by Gasteiger charge is 2.34. The lowest BCUT2D eigenvalue weighted by atomic mass is 9.75. The van der Waals surface area contributed by atoms with Crippen LogP contribution in [0.4, 0.5) is 4.79 Å². The number of urea groups is 1. The molecule has 0 radical (unpaired) electrons. The molecule has 2 amide bonds. The van der Waals surface area contributed by atoms with Crippen LogP contribution in [0.3, 0.4) is 0 Å². The number of carbonyl (C=O) groups is 1. The minimum Gasteiger partial charge on any atom is -0.493 e. The summed E-state index contributed by atoms with van der Waals surface area (Å²) in [6.45, 7) is 1.83. The number of aliphatic imine (C=N–C) groups is 1. The van der Waals surface area contributed by atoms with Crippen molar-refractivity contribution in [3.05, 3.63) is 58.7 Å². The molecule has 3 N–H and O–H groups in total. The van der Waals surface area contributed by atoms with Gasteiger partial charge in [0.25, 0.3) is 0 Å². The number of nitrogens with one attached hydrogen (secondary N) is 1. The molecule has 7 nitrogen and oxygen atoms in total. The normalized spacial score (nSPS) is 20.2. The van der Waals surface area contributed by atoms with Gasteiger partial charge in [-0.1, -0.05) is 31.0 Å². The van der Waals surface area contributed by atoms with Gasteiger partial charge in [-0.3, -0.25) is 4.99 Å². The zero-order valence-corrected chi connectivity index (χ0v) is 18.1. The number of benzene rings is 2. The van der Waals surface area contributed by atoms with Crippen LogP contribution in [0.2, 0.25) is 0 Å². The van der Waals surface area contributed by atoms with Gasteiger partial charge in [-0.2, -0.15) is 5.10 Å². The summed E-state index contributed by atoms with van der Waals surface area (Å²) in [5.74, 6) is 1.85. The highest BCUT2D eigenvalue weighted by Crippen LogP contribution is 2.44. The molecule has 0 bridgehead atoms. The van der Waals surface area contributed by atoms with Crippen molar-refractivity contribution in [3.63, 3.8) is 0 Å². The monoisotopic (exact) mass is 420 g/mol. The number of rotatable bonds is 5. The van der Waals surface area contributed by atoms with E-state index in [1.54, 1.807) is 14.2 Å². The Kier molecular flexibility index (Phi) is 5.93. The molecule has 2 atom stereocenters. The van der Waals surface area contributed by atoms with Gasteiger partial charge < -0.3 is 15.2 Å². The Hall–Kier alpha value is -3.35. The third kappa shape index (κ3) is 4.13. The van der Waals surface area contributed by atoms with E-state index in [9.17, 15) is 4.79 Å². The molecular formula is C24H28N4O3. The van der Waals surface area contributed by atoms with Crippen LogP contribution in [0.1, 0.15) is 60.8 Å². The van der Waals surface area contributed by atoms with E-state index in [0.29, 0.717) is 17.4 Å². The van der Waals surface area contributed by atoms with Crippen LogP contribution in [0, 0.1) is 0 Å². The van der Waals surface area contributed by atoms with Crippen LogP contribution in [0.5, 0.6) is 11.5 Å². The first-order valence-corrected chi connectivity index (χ1v) is 10.6. The van der Waals surface area contributed by atoms with Gasteiger partial charge in [0.05, 0.1) is 31.7 Å². The van der Waals surface area contributed by atoms with Gasteiger partial charge >= 0.3 is 6.03 Å². The molecule has 0 aromatic heterocycles. The van der Waals surface area contributed by atoms with Crippen molar-refractivity contribution in [1.29, 1.82) is 0 Å². The first kappa shape index (κ1) is 20.9. The van der Waals surface area contributed by atoms with E-state index >= 15 is 0 Å². The molecule has 2 aliphatic rings. The van der Waals surface area contributed by atoms with Gasteiger partial charge in [0.1, 0.15) is 0 Å². The van der Waals surface area contributed by atoms with E-state index in [0.717, 1.165) is 41.0 Å². The number of ether oxygens (including phenoxy) is 2. The average molecular weight is 421 g/mol. The first-order chi connectivity index (χ1) is 15.0. The van der Waals surface area contributed by atoms with Gasteiger partial charge in [-0.05, 0) is 49.1 Å². The van der Waals surface area contributed by atoms with Crippen molar-refractivity contribution in [3.8, 4) is 11.5 Å². The molecule has 1 aliphatic heterocycles. The SMILES string of the molecule is COc1cc2c(cc1OC)[C@H]1CCCC[C@H]1N=C2c1cccc(C(C)=NNC(N)=O)c1. The number of primary amides is 1. The van der Waals surface area contributed by atoms with Crippen LogP contribution in [-0.2, 0) is 0 Å². The number of nitrogens with zero attached hydrogens (tertiary/aromatic N) is 2. The van der Waals surface area contributed by atoms with Crippen molar-refractivity contribution < 1.29 is 14.3 Å². The van der Waals surface area contributed by atoms with Crippen molar-refractivity contribution in [1.82, 2.24) is 5.43 Å². The quantitative estimate of drug-likeness (QED) is 0.565. The molecule has 1 fully saturated rings. The summed E-state index contributed by atoms with van der Waals surface area (Å²) >= 11 is 0. The van der Waals surface area contributed by atoms with Crippen molar-refractivity contribution in [2.75, 3.05) is 14.2 Å². The molecule has 0 spiro atoms. The zero-order chi connectivity index (χ0) is 22.0. The summed E-state index contributed by atoms with van der Waals surface area (Å²) in [6.07, 6.45) is 4.64. The van der Waals surface area contributed by atoms with Crippen molar-refractivity contribution in [2.45, 2.75) is 44.6 Å². The maximum Gasteiger partial charge on any atom is 0.332 e. The fourth-order valence-corrected chi connectivity index (χ4v) is 4.60. The van der Waals surface area contributed by atoms with Crippen LogP contribution >= 0.6 is 0 Å². The highest BCUT2D eigenvalue weighted by molar-refractivity contribution is 6.16. The maximum absolute atomic E-state index is 11.0. The number of nitrogens with two attached hydrogens (primary N) is 1. The van der Waals surface area contributed by atoms with Gasteiger partial charge in [0, 0.05) is 17.0 Å².